The molecule has 0 aliphatic carbocycles. The number of fused-ring (bicyclic) bond motifs is 1. The number of aromatic nitrogens is 2. The molecule has 0 spiro atoms. The second-order valence-electron chi connectivity index (χ2n) is 2.55. The van der Waals surface area contributed by atoms with E-state index in [1.54, 1.807) is 6.07 Å². The van der Waals surface area contributed by atoms with E-state index in [-0.39, 0.29) is 5.56 Å². The fourth-order valence-electron chi connectivity index (χ4n) is 1.24. The number of nitriles is 1. The Morgan fingerprint density at radius 2 is 2.31 bits per heavy atom. The fraction of sp³-hybridized carbons (Fsp3) is 0.286. The molecule has 2 heterocycles. The van der Waals surface area contributed by atoms with Gasteiger partial charge in [-0.2, -0.15) is 5.26 Å². The molecule has 66 valence electrons. The average Bonchev–Trinajstić information content (AvgIpc) is 2.53. The van der Waals surface area contributed by atoms with Crippen LogP contribution in [0.3, 0.4) is 0 Å². The number of nitrogens with zero attached hydrogens (tertiary/aromatic N) is 2. The summed E-state index contributed by atoms with van der Waals surface area (Å²) in [7, 11) is 0. The first-order valence-corrected chi connectivity index (χ1v) is 4.62. The van der Waals surface area contributed by atoms with E-state index in [2.05, 4.69) is 4.98 Å². The molecule has 5 nitrogen and oxygen atoms in total. The van der Waals surface area contributed by atoms with Crippen LogP contribution in [-0.2, 0) is 6.54 Å². The summed E-state index contributed by atoms with van der Waals surface area (Å²) < 4.78 is 1.42. The number of H-pyrrole nitrogens is 1. The molecule has 0 bridgehead atoms. The summed E-state index contributed by atoms with van der Waals surface area (Å²) in [6.45, 7) is 0.560. The maximum Gasteiger partial charge on any atom is 0.329 e. The van der Waals surface area contributed by atoms with E-state index in [0.29, 0.717) is 11.6 Å². The smallest absolute Gasteiger partial charge is 0.286 e. The molecular weight excluding hydrogens is 190 g/mol. The highest BCUT2D eigenvalue weighted by Crippen LogP contribution is 2.24. The minimum absolute atomic E-state index is 0.0436. The molecule has 1 aromatic rings. The molecule has 0 unspecified atom stereocenters. The van der Waals surface area contributed by atoms with E-state index < -0.39 is 11.2 Å². The van der Waals surface area contributed by atoms with Crippen LogP contribution >= 0.6 is 11.8 Å². The number of nitrogens with one attached hydrogen (secondary N) is 1. The van der Waals surface area contributed by atoms with Gasteiger partial charge in [-0.05, 0) is 0 Å². The number of thioether (sulfide) groups is 1. The van der Waals surface area contributed by atoms with Gasteiger partial charge in [0.25, 0.3) is 5.56 Å². The molecule has 0 atom stereocenters. The Morgan fingerprint density at radius 1 is 1.54 bits per heavy atom. The van der Waals surface area contributed by atoms with Gasteiger partial charge in [-0.3, -0.25) is 14.3 Å². The van der Waals surface area contributed by atoms with Gasteiger partial charge in [0.1, 0.15) is 16.7 Å². The zero-order valence-corrected chi connectivity index (χ0v) is 7.35. The summed E-state index contributed by atoms with van der Waals surface area (Å²) in [4.78, 5) is 24.4. The van der Waals surface area contributed by atoms with E-state index in [1.165, 1.54) is 16.3 Å². The minimum atomic E-state index is -0.590. The Kier molecular flexibility index (Phi) is 1.74. The lowest BCUT2D eigenvalue weighted by molar-refractivity contribution is 0.655. The lowest BCUT2D eigenvalue weighted by Crippen LogP contribution is -2.31. The van der Waals surface area contributed by atoms with E-state index in [9.17, 15) is 9.59 Å². The standard InChI is InChI=1S/C7H5N3O2S/c8-3-4-5(11)9-7(12)10-1-2-13-6(4)10/h1-2H2,(H,9,11,12). The van der Waals surface area contributed by atoms with Crippen LogP contribution in [0.4, 0.5) is 0 Å². The molecule has 0 aromatic carbocycles. The SMILES string of the molecule is N#Cc1c2n(c(=O)[nH]c1=O)CCS2. The molecule has 0 saturated heterocycles. The molecule has 1 aliphatic heterocycles. The van der Waals surface area contributed by atoms with Crippen LogP contribution in [0.25, 0.3) is 0 Å². The van der Waals surface area contributed by atoms with Crippen LogP contribution in [-0.4, -0.2) is 15.3 Å². The molecule has 13 heavy (non-hydrogen) atoms. The topological polar surface area (TPSA) is 78.7 Å². The van der Waals surface area contributed by atoms with E-state index in [0.717, 1.165) is 5.75 Å². The number of rotatable bonds is 0. The summed E-state index contributed by atoms with van der Waals surface area (Å²) in [5.41, 5.74) is -0.973. The highest BCUT2D eigenvalue weighted by atomic mass is 32.2. The number of hydrogen-bond acceptors (Lipinski definition) is 4. The van der Waals surface area contributed by atoms with Gasteiger partial charge in [-0.25, -0.2) is 4.79 Å². The van der Waals surface area contributed by atoms with Crippen molar-refractivity contribution in [2.24, 2.45) is 0 Å². The Balaban J connectivity index is 2.90. The predicted molar refractivity (Wildman–Crippen MR) is 46.8 cm³/mol. The molecule has 0 amide bonds. The molecule has 0 radical (unpaired) electrons. The highest BCUT2D eigenvalue weighted by molar-refractivity contribution is 7.99. The summed E-state index contributed by atoms with van der Waals surface area (Å²) in [5.74, 6) is 0.737. The average molecular weight is 195 g/mol. The third-order valence-electron chi connectivity index (χ3n) is 1.82. The zero-order chi connectivity index (χ0) is 9.42. The molecule has 6 heteroatoms. The van der Waals surface area contributed by atoms with Crippen molar-refractivity contribution < 1.29 is 0 Å². The first-order chi connectivity index (χ1) is 6.24. The van der Waals surface area contributed by atoms with Gasteiger partial charge in [-0.15, -0.1) is 11.8 Å². The van der Waals surface area contributed by atoms with Crippen molar-refractivity contribution in [2.75, 3.05) is 5.75 Å². The Hall–Kier alpha value is -1.48. The zero-order valence-electron chi connectivity index (χ0n) is 6.53. The van der Waals surface area contributed by atoms with Gasteiger partial charge in [0, 0.05) is 12.3 Å². The van der Waals surface area contributed by atoms with Gasteiger partial charge in [-0.1, -0.05) is 0 Å². The normalized spacial score (nSPS) is 13.8. The quantitative estimate of drug-likeness (QED) is 0.567. The predicted octanol–water partition coefficient (Wildman–Crippen LogP) is -0.486. The summed E-state index contributed by atoms with van der Waals surface area (Å²) >= 11 is 1.37. The Morgan fingerprint density at radius 3 is 3.00 bits per heavy atom. The fourth-order valence-corrected chi connectivity index (χ4v) is 2.32. The van der Waals surface area contributed by atoms with E-state index in [1.807, 2.05) is 0 Å². The van der Waals surface area contributed by atoms with Crippen LogP contribution in [0.15, 0.2) is 14.6 Å². The van der Waals surface area contributed by atoms with Gasteiger partial charge < -0.3 is 0 Å². The third kappa shape index (κ3) is 1.09. The van der Waals surface area contributed by atoms with Gasteiger partial charge in [0.2, 0.25) is 0 Å². The Labute approximate surface area is 77.0 Å². The summed E-state index contributed by atoms with van der Waals surface area (Å²) in [6.07, 6.45) is 0. The molecular formula is C7H5N3O2S. The van der Waals surface area contributed by atoms with E-state index in [4.69, 9.17) is 5.26 Å². The minimum Gasteiger partial charge on any atom is -0.286 e. The van der Waals surface area contributed by atoms with Crippen molar-refractivity contribution in [3.8, 4) is 6.07 Å². The lowest BCUT2D eigenvalue weighted by atomic mass is 10.4. The van der Waals surface area contributed by atoms with Crippen LogP contribution in [0, 0.1) is 11.3 Å². The van der Waals surface area contributed by atoms with E-state index >= 15 is 0 Å². The first-order valence-electron chi connectivity index (χ1n) is 3.64. The van der Waals surface area contributed by atoms with Crippen molar-refractivity contribution in [1.82, 2.24) is 9.55 Å². The second-order valence-corrected chi connectivity index (χ2v) is 3.63. The van der Waals surface area contributed by atoms with Gasteiger partial charge in [0.15, 0.2) is 0 Å². The van der Waals surface area contributed by atoms with Crippen LogP contribution in [0.5, 0.6) is 0 Å². The third-order valence-corrected chi connectivity index (χ3v) is 2.90. The van der Waals surface area contributed by atoms with Gasteiger partial charge >= 0.3 is 5.69 Å². The summed E-state index contributed by atoms with van der Waals surface area (Å²) in [5, 5.41) is 9.17. The molecule has 0 fully saturated rings. The molecule has 1 aromatic heterocycles. The lowest BCUT2D eigenvalue weighted by Gasteiger charge is -2.00. The maximum atomic E-state index is 11.2. The number of aromatic amines is 1. The highest BCUT2D eigenvalue weighted by Gasteiger charge is 2.19. The largest absolute Gasteiger partial charge is 0.329 e. The maximum absolute atomic E-state index is 11.2. The van der Waals surface area contributed by atoms with Crippen molar-refractivity contribution in [1.29, 1.82) is 5.26 Å². The van der Waals surface area contributed by atoms with Gasteiger partial charge in [0.05, 0.1) is 0 Å². The van der Waals surface area contributed by atoms with Crippen molar-refractivity contribution in [2.45, 2.75) is 11.6 Å². The van der Waals surface area contributed by atoms with Crippen LogP contribution in [0.2, 0.25) is 0 Å². The van der Waals surface area contributed by atoms with Crippen molar-refractivity contribution >= 4 is 11.8 Å². The van der Waals surface area contributed by atoms with Crippen molar-refractivity contribution in [3.63, 3.8) is 0 Å². The molecule has 0 saturated carbocycles. The first kappa shape index (κ1) is 8.13. The molecule has 2 rings (SSSR count). The molecule has 1 aliphatic rings. The summed E-state index contributed by atoms with van der Waals surface area (Å²) in [6, 6.07) is 1.80. The Bertz CT molecular complexity index is 508. The monoisotopic (exact) mass is 195 g/mol. The molecule has 1 N–H and O–H groups in total. The van der Waals surface area contributed by atoms with Crippen molar-refractivity contribution in [3.05, 3.63) is 26.4 Å². The van der Waals surface area contributed by atoms with Crippen LogP contribution in [0.1, 0.15) is 5.56 Å². The second kappa shape index (κ2) is 2.78. The number of hydrogen-bond donors (Lipinski definition) is 1. The van der Waals surface area contributed by atoms with Crippen LogP contribution < -0.4 is 11.2 Å².